The van der Waals surface area contributed by atoms with E-state index >= 15 is 0 Å². The fourth-order valence-corrected chi connectivity index (χ4v) is 3.28. The lowest BCUT2D eigenvalue weighted by atomic mass is 9.73. The summed E-state index contributed by atoms with van der Waals surface area (Å²) in [5.74, 6) is 0.842. The van der Waals surface area contributed by atoms with Gasteiger partial charge >= 0.3 is 0 Å². The number of hydrogen-bond acceptors (Lipinski definition) is 1. The highest BCUT2D eigenvalue weighted by atomic mass is 14.9. The number of hydrogen-bond donors (Lipinski definition) is 1. The molecule has 0 amide bonds. The summed E-state index contributed by atoms with van der Waals surface area (Å²) >= 11 is 0. The van der Waals surface area contributed by atoms with Crippen molar-refractivity contribution in [3.8, 4) is 0 Å². The average Bonchev–Trinajstić information content (AvgIpc) is 2.62. The minimum Gasteiger partial charge on any atom is -0.314 e. The Kier molecular flexibility index (Phi) is 5.11. The topological polar surface area (TPSA) is 12.0 Å². The van der Waals surface area contributed by atoms with E-state index in [0.29, 0.717) is 11.5 Å². The largest absolute Gasteiger partial charge is 0.314 e. The van der Waals surface area contributed by atoms with Crippen molar-refractivity contribution in [3.05, 3.63) is 0 Å². The third-order valence-electron chi connectivity index (χ3n) is 4.03. The maximum atomic E-state index is 3.72. The first-order valence-corrected chi connectivity index (χ1v) is 6.84. The molecule has 1 atom stereocenters. The van der Waals surface area contributed by atoms with Crippen LogP contribution in [0.15, 0.2) is 0 Å². The summed E-state index contributed by atoms with van der Waals surface area (Å²) in [4.78, 5) is 0. The zero-order valence-electron chi connectivity index (χ0n) is 11.1. The predicted octanol–water partition coefficient (Wildman–Crippen LogP) is 3.98. The van der Waals surface area contributed by atoms with Gasteiger partial charge in [0.1, 0.15) is 0 Å². The van der Waals surface area contributed by atoms with Gasteiger partial charge in [0, 0.05) is 6.04 Å². The van der Waals surface area contributed by atoms with E-state index in [-0.39, 0.29) is 0 Å². The Labute approximate surface area is 96.0 Å². The molecule has 1 heteroatoms. The van der Waals surface area contributed by atoms with Gasteiger partial charge < -0.3 is 5.32 Å². The maximum absolute atomic E-state index is 3.72. The summed E-state index contributed by atoms with van der Waals surface area (Å²) in [6.07, 6.45) is 8.45. The zero-order valence-corrected chi connectivity index (χ0v) is 11.1. The second kappa shape index (κ2) is 5.89. The minimum absolute atomic E-state index is 0.614. The van der Waals surface area contributed by atoms with Crippen molar-refractivity contribution in [2.75, 3.05) is 6.54 Å². The van der Waals surface area contributed by atoms with Gasteiger partial charge in [-0.15, -0.1) is 0 Å². The number of rotatable bonds is 6. The third-order valence-corrected chi connectivity index (χ3v) is 4.03. The highest BCUT2D eigenvalue weighted by molar-refractivity contribution is 4.93. The van der Waals surface area contributed by atoms with E-state index in [1.54, 1.807) is 0 Å². The Morgan fingerprint density at radius 3 is 2.20 bits per heavy atom. The first-order valence-electron chi connectivity index (χ1n) is 6.84. The molecular weight excluding hydrogens is 182 g/mol. The fraction of sp³-hybridized carbons (Fsp3) is 1.00. The monoisotopic (exact) mass is 211 g/mol. The van der Waals surface area contributed by atoms with Crippen molar-refractivity contribution in [2.45, 2.75) is 72.3 Å². The molecule has 0 aliphatic heterocycles. The van der Waals surface area contributed by atoms with E-state index in [1.165, 1.54) is 45.1 Å². The van der Waals surface area contributed by atoms with Gasteiger partial charge in [-0.25, -0.2) is 0 Å². The molecule has 0 spiro atoms. The Bertz CT molecular complexity index is 168. The van der Waals surface area contributed by atoms with Crippen LogP contribution in [0.3, 0.4) is 0 Å². The Hall–Kier alpha value is -0.0400. The summed E-state index contributed by atoms with van der Waals surface area (Å²) in [7, 11) is 0. The van der Waals surface area contributed by atoms with Crippen LogP contribution < -0.4 is 5.32 Å². The van der Waals surface area contributed by atoms with Crippen LogP contribution in [0.5, 0.6) is 0 Å². The minimum atomic E-state index is 0.614. The van der Waals surface area contributed by atoms with Gasteiger partial charge in [-0.1, -0.05) is 33.6 Å². The van der Waals surface area contributed by atoms with Crippen LogP contribution in [-0.4, -0.2) is 12.6 Å². The second-order valence-electron chi connectivity index (χ2n) is 5.84. The summed E-state index contributed by atoms with van der Waals surface area (Å²) in [5, 5.41) is 3.72. The van der Waals surface area contributed by atoms with Gasteiger partial charge in [-0.2, -0.15) is 0 Å². The fourth-order valence-electron chi connectivity index (χ4n) is 3.28. The van der Waals surface area contributed by atoms with Crippen molar-refractivity contribution < 1.29 is 0 Å². The Balaban J connectivity index is 2.55. The lowest BCUT2D eigenvalue weighted by Gasteiger charge is -2.37. The van der Waals surface area contributed by atoms with E-state index in [1.807, 2.05) is 0 Å². The molecule has 0 heterocycles. The van der Waals surface area contributed by atoms with E-state index in [9.17, 15) is 0 Å². The van der Waals surface area contributed by atoms with E-state index in [4.69, 9.17) is 0 Å². The molecule has 0 aromatic rings. The number of nitrogens with one attached hydrogen (secondary N) is 1. The Morgan fingerprint density at radius 1 is 1.13 bits per heavy atom. The highest BCUT2D eigenvalue weighted by Gasteiger charge is 2.38. The van der Waals surface area contributed by atoms with E-state index in [0.717, 1.165) is 5.92 Å². The van der Waals surface area contributed by atoms with Crippen LogP contribution in [0.4, 0.5) is 0 Å². The molecule has 1 aliphatic carbocycles. The van der Waals surface area contributed by atoms with Gasteiger partial charge in [0.15, 0.2) is 0 Å². The van der Waals surface area contributed by atoms with Crippen molar-refractivity contribution in [3.63, 3.8) is 0 Å². The van der Waals surface area contributed by atoms with Crippen molar-refractivity contribution in [1.82, 2.24) is 5.32 Å². The maximum Gasteiger partial charge on any atom is 0.00952 e. The standard InChI is InChI=1S/C14H29N/c1-5-10-15-13(4)14(11-12(2)3)8-6-7-9-14/h12-13,15H,5-11H2,1-4H3. The molecule has 1 fully saturated rings. The Morgan fingerprint density at radius 2 is 1.73 bits per heavy atom. The van der Waals surface area contributed by atoms with Gasteiger partial charge in [-0.3, -0.25) is 0 Å². The molecule has 0 bridgehead atoms. The molecule has 1 nitrogen and oxygen atoms in total. The SMILES string of the molecule is CCCNC(C)C1(CC(C)C)CCCC1. The molecule has 0 aromatic carbocycles. The zero-order chi connectivity index (χ0) is 11.3. The van der Waals surface area contributed by atoms with Crippen molar-refractivity contribution in [2.24, 2.45) is 11.3 Å². The van der Waals surface area contributed by atoms with Gasteiger partial charge in [0.05, 0.1) is 0 Å². The molecule has 0 radical (unpaired) electrons. The van der Waals surface area contributed by atoms with Crippen LogP contribution in [0.2, 0.25) is 0 Å². The third kappa shape index (κ3) is 3.48. The van der Waals surface area contributed by atoms with Crippen LogP contribution in [0.25, 0.3) is 0 Å². The van der Waals surface area contributed by atoms with Gasteiger partial charge in [0.2, 0.25) is 0 Å². The van der Waals surface area contributed by atoms with Crippen LogP contribution in [0, 0.1) is 11.3 Å². The molecule has 15 heavy (non-hydrogen) atoms. The average molecular weight is 211 g/mol. The summed E-state index contributed by atoms with van der Waals surface area (Å²) in [5.41, 5.74) is 0.614. The van der Waals surface area contributed by atoms with Crippen molar-refractivity contribution in [1.29, 1.82) is 0 Å². The molecular formula is C14H29N. The molecule has 1 unspecified atom stereocenters. The molecule has 1 N–H and O–H groups in total. The summed E-state index contributed by atoms with van der Waals surface area (Å²) in [6, 6.07) is 0.711. The lowest BCUT2D eigenvalue weighted by molar-refractivity contribution is 0.166. The van der Waals surface area contributed by atoms with Crippen LogP contribution in [0.1, 0.15) is 66.2 Å². The van der Waals surface area contributed by atoms with E-state index < -0.39 is 0 Å². The smallest absolute Gasteiger partial charge is 0.00952 e. The highest BCUT2D eigenvalue weighted by Crippen LogP contribution is 2.45. The summed E-state index contributed by atoms with van der Waals surface area (Å²) < 4.78 is 0. The first kappa shape index (κ1) is 13.0. The molecule has 0 aromatic heterocycles. The predicted molar refractivity (Wildman–Crippen MR) is 68.1 cm³/mol. The molecule has 0 saturated heterocycles. The first-order chi connectivity index (χ1) is 7.10. The quantitative estimate of drug-likeness (QED) is 0.700. The second-order valence-corrected chi connectivity index (χ2v) is 5.84. The van der Waals surface area contributed by atoms with Gasteiger partial charge in [-0.05, 0) is 50.5 Å². The normalized spacial score (nSPS) is 22.2. The van der Waals surface area contributed by atoms with Crippen molar-refractivity contribution >= 4 is 0 Å². The molecule has 1 aliphatic rings. The lowest BCUT2D eigenvalue weighted by Crippen LogP contribution is -2.42. The van der Waals surface area contributed by atoms with Crippen LogP contribution in [-0.2, 0) is 0 Å². The summed E-state index contributed by atoms with van der Waals surface area (Å²) in [6.45, 7) is 10.6. The van der Waals surface area contributed by atoms with Gasteiger partial charge in [0.25, 0.3) is 0 Å². The molecule has 1 rings (SSSR count). The van der Waals surface area contributed by atoms with E-state index in [2.05, 4.69) is 33.0 Å². The van der Waals surface area contributed by atoms with Crippen LogP contribution >= 0.6 is 0 Å². The molecule has 1 saturated carbocycles. The molecule has 90 valence electrons.